The van der Waals surface area contributed by atoms with E-state index in [9.17, 15) is 14.3 Å². The molecule has 2 atom stereocenters. The first-order chi connectivity index (χ1) is 8.45. The predicted octanol–water partition coefficient (Wildman–Crippen LogP) is -0.344. The molecule has 4 N–H and O–H groups in total. The standard InChI is InChI=1S/C11H14FN3O3/c1-5-3-15(11(18)14-10(5)13)7-2-8(17)6(4-16)9(7)12/h3,7-8,16-17H,2,4H2,1H3,(H2,13,14,18)/t7?,8-/m0/s1. The fraction of sp³-hybridized carbons (Fsp3) is 0.455. The molecule has 1 aliphatic carbocycles. The van der Waals surface area contributed by atoms with Crippen molar-refractivity contribution < 1.29 is 14.6 Å². The number of nitrogen functional groups attached to an aromatic ring is 1. The smallest absolute Gasteiger partial charge is 0.350 e. The van der Waals surface area contributed by atoms with Gasteiger partial charge in [-0.15, -0.1) is 0 Å². The number of hydrogen-bond donors (Lipinski definition) is 3. The summed E-state index contributed by atoms with van der Waals surface area (Å²) in [6.45, 7) is 1.08. The molecule has 7 heteroatoms. The normalized spacial score (nSPS) is 23.8. The van der Waals surface area contributed by atoms with Crippen molar-refractivity contribution in [1.82, 2.24) is 9.55 Å². The zero-order valence-corrected chi connectivity index (χ0v) is 9.80. The molecule has 1 heterocycles. The van der Waals surface area contributed by atoms with Gasteiger partial charge >= 0.3 is 5.69 Å². The molecule has 6 nitrogen and oxygen atoms in total. The lowest BCUT2D eigenvalue weighted by atomic mass is 10.2. The summed E-state index contributed by atoms with van der Waals surface area (Å²) >= 11 is 0. The SMILES string of the molecule is Cc1cn(C2C[C@H](O)C(CO)=C2F)c(=O)nc1N. The van der Waals surface area contributed by atoms with E-state index in [1.165, 1.54) is 6.20 Å². The average molecular weight is 255 g/mol. The summed E-state index contributed by atoms with van der Waals surface area (Å²) in [4.78, 5) is 15.2. The van der Waals surface area contributed by atoms with Gasteiger partial charge in [0.05, 0.1) is 18.8 Å². The maximum absolute atomic E-state index is 13.9. The Bertz CT molecular complexity index is 567. The van der Waals surface area contributed by atoms with Gasteiger partial charge in [-0.25, -0.2) is 9.18 Å². The molecule has 98 valence electrons. The third kappa shape index (κ3) is 1.91. The van der Waals surface area contributed by atoms with E-state index >= 15 is 0 Å². The number of nitrogens with zero attached hydrogens (tertiary/aromatic N) is 2. The highest BCUT2D eigenvalue weighted by molar-refractivity contribution is 5.36. The van der Waals surface area contributed by atoms with E-state index in [2.05, 4.69) is 4.98 Å². The van der Waals surface area contributed by atoms with E-state index in [4.69, 9.17) is 10.8 Å². The molecule has 0 saturated carbocycles. The number of halogens is 1. The van der Waals surface area contributed by atoms with E-state index in [0.29, 0.717) is 5.56 Å². The minimum atomic E-state index is -1.08. The second-order valence-corrected chi connectivity index (χ2v) is 4.30. The van der Waals surface area contributed by atoms with Crippen LogP contribution >= 0.6 is 0 Å². The van der Waals surface area contributed by atoms with Crippen molar-refractivity contribution in [3.63, 3.8) is 0 Å². The van der Waals surface area contributed by atoms with Gasteiger partial charge in [0.1, 0.15) is 11.6 Å². The Kier molecular flexibility index (Phi) is 3.18. The lowest BCUT2D eigenvalue weighted by molar-refractivity contribution is 0.181. The zero-order valence-electron chi connectivity index (χ0n) is 9.80. The Labute approximate surface area is 102 Å². The van der Waals surface area contributed by atoms with Gasteiger partial charge in [0, 0.05) is 23.8 Å². The van der Waals surface area contributed by atoms with Crippen LogP contribution in [0.15, 0.2) is 22.4 Å². The number of anilines is 1. The van der Waals surface area contributed by atoms with Gasteiger partial charge in [-0.2, -0.15) is 4.98 Å². The Balaban J connectivity index is 2.49. The van der Waals surface area contributed by atoms with E-state index in [0.717, 1.165) is 4.57 Å². The Morgan fingerprint density at radius 2 is 2.33 bits per heavy atom. The first kappa shape index (κ1) is 12.7. The highest BCUT2D eigenvalue weighted by atomic mass is 19.1. The van der Waals surface area contributed by atoms with Crippen molar-refractivity contribution in [2.75, 3.05) is 12.3 Å². The summed E-state index contributed by atoms with van der Waals surface area (Å²) in [6, 6.07) is -0.929. The molecule has 1 aromatic rings. The highest BCUT2D eigenvalue weighted by Crippen LogP contribution is 2.36. The molecule has 0 bridgehead atoms. The molecule has 18 heavy (non-hydrogen) atoms. The minimum absolute atomic E-state index is 0.00662. The molecule has 1 aromatic heterocycles. The molecule has 1 unspecified atom stereocenters. The van der Waals surface area contributed by atoms with Crippen LogP contribution in [0.3, 0.4) is 0 Å². The van der Waals surface area contributed by atoms with Gasteiger partial charge in [0.2, 0.25) is 0 Å². The molecule has 0 saturated heterocycles. The average Bonchev–Trinajstić information content (AvgIpc) is 2.59. The second-order valence-electron chi connectivity index (χ2n) is 4.30. The van der Waals surface area contributed by atoms with Gasteiger partial charge in [-0.05, 0) is 6.92 Å². The molecule has 0 aliphatic heterocycles. The number of aliphatic hydroxyl groups excluding tert-OH is 2. The number of hydrogen-bond acceptors (Lipinski definition) is 5. The fourth-order valence-corrected chi connectivity index (χ4v) is 2.05. The molecule has 0 amide bonds. The Morgan fingerprint density at radius 3 is 2.89 bits per heavy atom. The van der Waals surface area contributed by atoms with Crippen molar-refractivity contribution >= 4 is 5.82 Å². The molecule has 1 aliphatic rings. The van der Waals surface area contributed by atoms with Gasteiger partial charge in [-0.3, -0.25) is 4.57 Å². The van der Waals surface area contributed by atoms with Crippen molar-refractivity contribution in [2.24, 2.45) is 0 Å². The van der Waals surface area contributed by atoms with Crippen LogP contribution in [0.4, 0.5) is 10.2 Å². The van der Waals surface area contributed by atoms with Crippen LogP contribution in [-0.4, -0.2) is 32.5 Å². The molecule has 2 rings (SSSR count). The third-order valence-electron chi connectivity index (χ3n) is 3.13. The summed E-state index contributed by atoms with van der Waals surface area (Å²) in [5.41, 5.74) is 5.28. The van der Waals surface area contributed by atoms with E-state index in [1.54, 1.807) is 6.92 Å². The molecule has 0 radical (unpaired) electrons. The summed E-state index contributed by atoms with van der Waals surface area (Å²) in [5.74, 6) is -0.584. The lowest BCUT2D eigenvalue weighted by Gasteiger charge is -2.14. The molecule has 0 aromatic carbocycles. The predicted molar refractivity (Wildman–Crippen MR) is 62.5 cm³/mol. The van der Waals surface area contributed by atoms with Crippen LogP contribution in [0.2, 0.25) is 0 Å². The number of aliphatic hydroxyl groups is 2. The van der Waals surface area contributed by atoms with Crippen LogP contribution in [0.5, 0.6) is 0 Å². The van der Waals surface area contributed by atoms with Gasteiger partial charge < -0.3 is 15.9 Å². The largest absolute Gasteiger partial charge is 0.392 e. The summed E-state index contributed by atoms with van der Waals surface area (Å²) in [7, 11) is 0. The van der Waals surface area contributed by atoms with Gasteiger partial charge in [0.25, 0.3) is 0 Å². The van der Waals surface area contributed by atoms with Crippen LogP contribution in [0, 0.1) is 6.92 Å². The maximum atomic E-state index is 13.9. The molecular weight excluding hydrogens is 241 g/mol. The highest BCUT2D eigenvalue weighted by Gasteiger charge is 2.34. The van der Waals surface area contributed by atoms with Gasteiger partial charge in [0.15, 0.2) is 0 Å². The third-order valence-corrected chi connectivity index (χ3v) is 3.13. The van der Waals surface area contributed by atoms with Crippen molar-refractivity contribution in [1.29, 1.82) is 0 Å². The van der Waals surface area contributed by atoms with Crippen LogP contribution in [0.25, 0.3) is 0 Å². The number of aromatic nitrogens is 2. The van der Waals surface area contributed by atoms with Crippen molar-refractivity contribution in [3.05, 3.63) is 33.6 Å². The van der Waals surface area contributed by atoms with Crippen molar-refractivity contribution in [3.8, 4) is 0 Å². The molecular formula is C11H14FN3O3. The maximum Gasteiger partial charge on any atom is 0.350 e. The van der Waals surface area contributed by atoms with Crippen LogP contribution in [-0.2, 0) is 0 Å². The fourth-order valence-electron chi connectivity index (χ4n) is 2.05. The van der Waals surface area contributed by atoms with Crippen molar-refractivity contribution in [2.45, 2.75) is 25.5 Å². The first-order valence-corrected chi connectivity index (χ1v) is 5.48. The van der Waals surface area contributed by atoms with E-state index in [1.807, 2.05) is 0 Å². The quantitative estimate of drug-likeness (QED) is 0.671. The first-order valence-electron chi connectivity index (χ1n) is 5.48. The Hall–Kier alpha value is -1.73. The van der Waals surface area contributed by atoms with Crippen LogP contribution < -0.4 is 11.4 Å². The number of nitrogens with two attached hydrogens (primary N) is 1. The number of aryl methyl sites for hydroxylation is 1. The molecule has 0 fully saturated rings. The number of rotatable bonds is 2. The monoisotopic (exact) mass is 255 g/mol. The number of allylic oxidation sites excluding steroid dienone is 1. The minimum Gasteiger partial charge on any atom is -0.392 e. The second kappa shape index (κ2) is 4.51. The lowest BCUT2D eigenvalue weighted by Crippen LogP contribution is -2.28. The van der Waals surface area contributed by atoms with Crippen LogP contribution in [0.1, 0.15) is 18.0 Å². The summed E-state index contributed by atoms with van der Waals surface area (Å²) < 4.78 is 15.0. The van der Waals surface area contributed by atoms with Gasteiger partial charge in [-0.1, -0.05) is 0 Å². The summed E-state index contributed by atoms with van der Waals surface area (Å²) in [5, 5.41) is 18.5. The zero-order chi connectivity index (χ0) is 13.4. The summed E-state index contributed by atoms with van der Waals surface area (Å²) in [6.07, 6.45) is 0.332. The van der Waals surface area contributed by atoms with E-state index in [-0.39, 0.29) is 17.8 Å². The molecule has 0 spiro atoms. The van der Waals surface area contributed by atoms with E-state index < -0.39 is 30.3 Å². The topological polar surface area (TPSA) is 101 Å². The Morgan fingerprint density at radius 1 is 1.67 bits per heavy atom.